The SMILES string of the molecule is C#CCC1=C(C)C(OC(=O)C2CC(C=C(C)C)C2(C)C)CC1=O. The maximum absolute atomic E-state index is 12.5. The van der Waals surface area contributed by atoms with Crippen molar-refractivity contribution in [3.05, 3.63) is 22.8 Å². The molecule has 124 valence electrons. The second-order valence-electron chi connectivity index (χ2n) is 7.56. The van der Waals surface area contributed by atoms with Gasteiger partial charge in [0, 0.05) is 12.0 Å². The molecule has 0 spiro atoms. The van der Waals surface area contributed by atoms with Gasteiger partial charge < -0.3 is 4.74 Å². The number of carbonyl (C=O) groups is 2. The van der Waals surface area contributed by atoms with Crippen molar-refractivity contribution < 1.29 is 14.3 Å². The molecule has 3 unspecified atom stereocenters. The van der Waals surface area contributed by atoms with Crippen LogP contribution in [0.15, 0.2) is 22.8 Å². The fourth-order valence-corrected chi connectivity index (χ4v) is 3.60. The second-order valence-corrected chi connectivity index (χ2v) is 7.56. The van der Waals surface area contributed by atoms with Crippen molar-refractivity contribution >= 4 is 11.8 Å². The number of Topliss-reactive ketones (excluding diaryl/α,β-unsaturated/α-hetero) is 1. The van der Waals surface area contributed by atoms with Gasteiger partial charge in [0.05, 0.1) is 12.3 Å². The third-order valence-electron chi connectivity index (χ3n) is 5.37. The first kappa shape index (κ1) is 17.5. The molecule has 0 aromatic heterocycles. The lowest BCUT2D eigenvalue weighted by molar-refractivity contribution is -0.167. The largest absolute Gasteiger partial charge is 0.457 e. The third kappa shape index (κ3) is 3.27. The van der Waals surface area contributed by atoms with Gasteiger partial charge >= 0.3 is 5.97 Å². The van der Waals surface area contributed by atoms with Crippen LogP contribution in [-0.2, 0) is 14.3 Å². The maximum atomic E-state index is 12.5. The molecule has 0 N–H and O–H groups in total. The summed E-state index contributed by atoms with van der Waals surface area (Å²) in [5.74, 6) is 2.62. The zero-order valence-corrected chi connectivity index (χ0v) is 14.7. The van der Waals surface area contributed by atoms with Crippen molar-refractivity contribution in [2.24, 2.45) is 17.3 Å². The van der Waals surface area contributed by atoms with Gasteiger partial charge in [0.2, 0.25) is 0 Å². The number of ketones is 1. The highest BCUT2D eigenvalue weighted by atomic mass is 16.5. The van der Waals surface area contributed by atoms with Crippen LogP contribution >= 0.6 is 0 Å². The summed E-state index contributed by atoms with van der Waals surface area (Å²) in [5.41, 5.74) is 2.63. The second kappa shape index (κ2) is 6.35. The van der Waals surface area contributed by atoms with Gasteiger partial charge in [-0.1, -0.05) is 25.5 Å². The molecule has 1 fully saturated rings. The molecule has 2 aliphatic rings. The number of hydrogen-bond donors (Lipinski definition) is 0. The van der Waals surface area contributed by atoms with Crippen LogP contribution in [0.2, 0.25) is 0 Å². The molecule has 1 saturated carbocycles. The molecule has 2 aliphatic carbocycles. The van der Waals surface area contributed by atoms with Gasteiger partial charge in [-0.2, -0.15) is 0 Å². The van der Waals surface area contributed by atoms with E-state index < -0.39 is 6.10 Å². The van der Waals surface area contributed by atoms with Gasteiger partial charge in [0.15, 0.2) is 5.78 Å². The van der Waals surface area contributed by atoms with Crippen molar-refractivity contribution in [2.75, 3.05) is 0 Å². The average molecular weight is 314 g/mol. The molecule has 3 heteroatoms. The highest BCUT2D eigenvalue weighted by Gasteiger charge is 2.52. The minimum absolute atomic E-state index is 0.00790. The lowest BCUT2D eigenvalue weighted by Gasteiger charge is -2.49. The van der Waals surface area contributed by atoms with E-state index in [0.29, 0.717) is 17.9 Å². The van der Waals surface area contributed by atoms with E-state index in [1.807, 2.05) is 6.92 Å². The van der Waals surface area contributed by atoms with Crippen LogP contribution in [0.4, 0.5) is 0 Å². The summed E-state index contributed by atoms with van der Waals surface area (Å²) < 4.78 is 5.66. The third-order valence-corrected chi connectivity index (χ3v) is 5.37. The van der Waals surface area contributed by atoms with Gasteiger partial charge in [-0.3, -0.25) is 9.59 Å². The van der Waals surface area contributed by atoms with Crippen LogP contribution in [0.3, 0.4) is 0 Å². The Kier molecular flexibility index (Phi) is 4.84. The Morgan fingerprint density at radius 1 is 1.43 bits per heavy atom. The zero-order chi connectivity index (χ0) is 17.4. The van der Waals surface area contributed by atoms with Crippen molar-refractivity contribution in [1.29, 1.82) is 0 Å². The van der Waals surface area contributed by atoms with Crippen LogP contribution in [-0.4, -0.2) is 17.9 Å². The number of allylic oxidation sites excluding steroid dienone is 3. The molecular weight excluding hydrogens is 288 g/mol. The Hall–Kier alpha value is -1.82. The van der Waals surface area contributed by atoms with Crippen LogP contribution in [0.5, 0.6) is 0 Å². The molecule has 2 rings (SSSR count). The summed E-state index contributed by atoms with van der Waals surface area (Å²) in [7, 11) is 0. The number of terminal acetylenes is 1. The molecule has 0 aromatic carbocycles. The zero-order valence-electron chi connectivity index (χ0n) is 14.7. The predicted octanol–water partition coefficient (Wildman–Crippen LogP) is 3.84. The monoisotopic (exact) mass is 314 g/mol. The lowest BCUT2D eigenvalue weighted by atomic mass is 9.54. The summed E-state index contributed by atoms with van der Waals surface area (Å²) in [6.07, 6.45) is 8.47. The van der Waals surface area contributed by atoms with Gasteiger partial charge in [-0.25, -0.2) is 0 Å². The molecule has 3 nitrogen and oxygen atoms in total. The Morgan fingerprint density at radius 3 is 2.61 bits per heavy atom. The number of ether oxygens (including phenoxy) is 1. The topological polar surface area (TPSA) is 43.4 Å². The van der Waals surface area contributed by atoms with E-state index in [0.717, 1.165) is 12.0 Å². The summed E-state index contributed by atoms with van der Waals surface area (Å²) in [6.45, 7) is 10.2. The Morgan fingerprint density at radius 2 is 2.09 bits per heavy atom. The summed E-state index contributed by atoms with van der Waals surface area (Å²) >= 11 is 0. The normalized spacial score (nSPS) is 28.9. The lowest BCUT2D eigenvalue weighted by Crippen LogP contribution is -2.49. The fraction of sp³-hybridized carbons (Fsp3) is 0.600. The Balaban J connectivity index is 2.03. The summed E-state index contributed by atoms with van der Waals surface area (Å²) in [4.78, 5) is 24.5. The van der Waals surface area contributed by atoms with E-state index in [1.165, 1.54) is 5.57 Å². The van der Waals surface area contributed by atoms with Crippen LogP contribution in [0, 0.1) is 29.6 Å². The van der Waals surface area contributed by atoms with Crippen molar-refractivity contribution in [1.82, 2.24) is 0 Å². The van der Waals surface area contributed by atoms with Gasteiger partial charge in [0.25, 0.3) is 0 Å². The molecule has 3 atom stereocenters. The first-order chi connectivity index (χ1) is 10.7. The molecule has 0 aliphatic heterocycles. The molecule has 0 heterocycles. The van der Waals surface area contributed by atoms with Crippen molar-refractivity contribution in [3.63, 3.8) is 0 Å². The van der Waals surface area contributed by atoms with E-state index in [9.17, 15) is 9.59 Å². The quantitative estimate of drug-likeness (QED) is 0.450. The number of carbonyl (C=O) groups excluding carboxylic acids is 2. The molecule has 0 saturated heterocycles. The smallest absolute Gasteiger partial charge is 0.310 e. The van der Waals surface area contributed by atoms with E-state index in [1.54, 1.807) is 0 Å². The Labute approximate surface area is 139 Å². The number of rotatable bonds is 4. The van der Waals surface area contributed by atoms with E-state index >= 15 is 0 Å². The van der Waals surface area contributed by atoms with Gasteiger partial charge in [-0.15, -0.1) is 12.3 Å². The number of esters is 1. The summed E-state index contributed by atoms with van der Waals surface area (Å²) in [6, 6.07) is 0. The van der Waals surface area contributed by atoms with Crippen molar-refractivity contribution in [2.45, 2.75) is 60.0 Å². The molecule has 0 bridgehead atoms. The van der Waals surface area contributed by atoms with Gasteiger partial charge in [0.1, 0.15) is 6.10 Å². The fourth-order valence-electron chi connectivity index (χ4n) is 3.60. The van der Waals surface area contributed by atoms with Gasteiger partial charge in [-0.05, 0) is 44.1 Å². The van der Waals surface area contributed by atoms with E-state index in [4.69, 9.17) is 11.2 Å². The minimum Gasteiger partial charge on any atom is -0.457 e. The first-order valence-electron chi connectivity index (χ1n) is 8.20. The highest BCUT2D eigenvalue weighted by Crippen LogP contribution is 2.53. The first-order valence-corrected chi connectivity index (χ1v) is 8.20. The Bertz CT molecular complexity index is 624. The summed E-state index contributed by atoms with van der Waals surface area (Å²) in [5, 5.41) is 0. The van der Waals surface area contributed by atoms with E-state index in [2.05, 4.69) is 39.7 Å². The predicted molar refractivity (Wildman–Crippen MR) is 90.5 cm³/mol. The van der Waals surface area contributed by atoms with Crippen molar-refractivity contribution in [3.8, 4) is 12.3 Å². The average Bonchev–Trinajstić information content (AvgIpc) is 2.70. The number of hydrogen-bond acceptors (Lipinski definition) is 3. The molecule has 0 radical (unpaired) electrons. The molecular formula is C20H26O3. The standard InChI is InChI=1S/C20H26O3/c1-7-8-15-13(4)18(11-17(15)21)23-19(22)16-10-14(9-12(2)3)20(16,5)6/h1,9,14,16,18H,8,10-11H2,2-6H3. The molecule has 23 heavy (non-hydrogen) atoms. The molecule has 0 amide bonds. The molecule has 0 aromatic rings. The highest BCUT2D eigenvalue weighted by molar-refractivity contribution is 6.00. The van der Waals surface area contributed by atoms with Crippen LogP contribution in [0.25, 0.3) is 0 Å². The van der Waals surface area contributed by atoms with Crippen LogP contribution < -0.4 is 0 Å². The minimum atomic E-state index is -0.434. The van der Waals surface area contributed by atoms with E-state index in [-0.39, 0.29) is 29.5 Å². The van der Waals surface area contributed by atoms with Crippen LogP contribution in [0.1, 0.15) is 53.9 Å². The maximum Gasteiger partial charge on any atom is 0.310 e.